The molecule has 3 aromatic rings. The molecule has 0 saturated carbocycles. The summed E-state index contributed by atoms with van der Waals surface area (Å²) >= 11 is 0. The molecule has 132 valence electrons. The molecule has 6 N–H and O–H groups in total. The van der Waals surface area contributed by atoms with Gasteiger partial charge in [-0.05, 0) is 0 Å². The molecule has 1 atom stereocenters. The number of amidine groups is 1. The molecule has 0 radical (unpaired) electrons. The van der Waals surface area contributed by atoms with Gasteiger partial charge in [0.05, 0.1) is 23.8 Å². The molecule has 2 heterocycles. The maximum Gasteiger partial charge on any atom is 0.320 e. The molecule has 1 unspecified atom stereocenters. The number of nitrogens with zero attached hydrogens (tertiary/aromatic N) is 4. The summed E-state index contributed by atoms with van der Waals surface area (Å²) in [7, 11) is 0. The van der Waals surface area contributed by atoms with E-state index < -0.39 is 12.0 Å². The highest BCUT2D eigenvalue weighted by Crippen LogP contribution is 2.17. The number of benzene rings is 1. The van der Waals surface area contributed by atoms with Gasteiger partial charge in [-0.2, -0.15) is 0 Å². The minimum Gasteiger partial charge on any atom is -0.480 e. The number of carbonyl (C=O) groups is 1. The Morgan fingerprint density at radius 3 is 2.50 bits per heavy atom. The van der Waals surface area contributed by atoms with Gasteiger partial charge >= 0.3 is 5.97 Å². The summed E-state index contributed by atoms with van der Waals surface area (Å²) in [5, 5.41) is 16.3. The highest BCUT2D eigenvalue weighted by molar-refractivity contribution is 5.95. The number of rotatable bonds is 6. The summed E-state index contributed by atoms with van der Waals surface area (Å²) < 4.78 is 1.65. The molecule has 9 nitrogen and oxygen atoms in total. The van der Waals surface area contributed by atoms with Gasteiger partial charge in [-0.3, -0.25) is 19.8 Å². The number of nitrogens with one attached hydrogen (secondary N) is 1. The van der Waals surface area contributed by atoms with Gasteiger partial charge in [-0.1, -0.05) is 24.3 Å². The van der Waals surface area contributed by atoms with E-state index in [-0.39, 0.29) is 12.3 Å². The molecule has 26 heavy (non-hydrogen) atoms. The fraction of sp³-hybridized carbons (Fsp3) is 0.118. The zero-order chi connectivity index (χ0) is 18.7. The maximum absolute atomic E-state index is 10.8. The van der Waals surface area contributed by atoms with E-state index in [1.165, 1.54) is 6.33 Å². The van der Waals surface area contributed by atoms with E-state index in [9.17, 15) is 4.79 Å². The molecule has 0 fully saturated rings. The topological polar surface area (TPSA) is 157 Å². The molecular formula is C17H17N7O2. The zero-order valence-electron chi connectivity index (χ0n) is 13.7. The van der Waals surface area contributed by atoms with Crippen LogP contribution in [0.3, 0.4) is 0 Å². The number of nitrogens with two attached hydrogens (primary N) is 2. The van der Waals surface area contributed by atoms with E-state index in [1.807, 2.05) is 12.1 Å². The minimum absolute atomic E-state index is 0.0107. The summed E-state index contributed by atoms with van der Waals surface area (Å²) in [6.45, 7) is 0. The number of carboxylic acids is 1. The number of hydrogen-bond donors (Lipinski definition) is 4. The highest BCUT2D eigenvalue weighted by Gasteiger charge is 2.14. The van der Waals surface area contributed by atoms with E-state index in [2.05, 4.69) is 15.0 Å². The minimum atomic E-state index is -1.07. The Hall–Kier alpha value is -3.59. The average molecular weight is 351 g/mol. The first kappa shape index (κ1) is 17.2. The molecule has 9 heteroatoms. The van der Waals surface area contributed by atoms with E-state index in [0.29, 0.717) is 22.8 Å². The van der Waals surface area contributed by atoms with Crippen LogP contribution in [0.25, 0.3) is 17.1 Å². The van der Waals surface area contributed by atoms with Crippen molar-refractivity contribution in [3.05, 3.63) is 60.4 Å². The average Bonchev–Trinajstić information content (AvgIpc) is 3.10. The summed E-state index contributed by atoms with van der Waals surface area (Å²) in [5.74, 6) is -0.507. The van der Waals surface area contributed by atoms with Crippen molar-refractivity contribution in [2.45, 2.75) is 12.5 Å². The van der Waals surface area contributed by atoms with Crippen LogP contribution in [0.2, 0.25) is 0 Å². The SMILES string of the molecule is N=C(N)c1ccc(-c2cnc(-n3cnc(CC(N)C(=O)O)c3)cn2)cc1. The van der Waals surface area contributed by atoms with Gasteiger partial charge in [0.15, 0.2) is 5.82 Å². The lowest BCUT2D eigenvalue weighted by Gasteiger charge is -2.05. The largest absolute Gasteiger partial charge is 0.480 e. The second-order valence-electron chi connectivity index (χ2n) is 5.67. The zero-order valence-corrected chi connectivity index (χ0v) is 13.7. The molecular weight excluding hydrogens is 334 g/mol. The molecule has 0 aliphatic heterocycles. The lowest BCUT2D eigenvalue weighted by atomic mass is 10.1. The summed E-state index contributed by atoms with van der Waals surface area (Å²) in [6.07, 6.45) is 6.57. The summed E-state index contributed by atoms with van der Waals surface area (Å²) in [6, 6.07) is 6.15. The van der Waals surface area contributed by atoms with Crippen molar-refractivity contribution >= 4 is 11.8 Å². The Bertz CT molecular complexity index is 933. The lowest BCUT2D eigenvalue weighted by molar-refractivity contribution is -0.138. The Kier molecular flexibility index (Phi) is 4.72. The van der Waals surface area contributed by atoms with Crippen LogP contribution in [0.15, 0.2) is 49.2 Å². The lowest BCUT2D eigenvalue weighted by Crippen LogP contribution is -2.32. The second kappa shape index (κ2) is 7.11. The Morgan fingerprint density at radius 2 is 1.92 bits per heavy atom. The summed E-state index contributed by atoms with van der Waals surface area (Å²) in [5.41, 5.74) is 13.7. The van der Waals surface area contributed by atoms with Crippen LogP contribution in [-0.4, -0.2) is 42.5 Å². The van der Waals surface area contributed by atoms with Crippen LogP contribution in [0, 0.1) is 5.41 Å². The van der Waals surface area contributed by atoms with Crippen LogP contribution in [0.5, 0.6) is 0 Å². The first-order valence-electron chi connectivity index (χ1n) is 7.72. The van der Waals surface area contributed by atoms with Gasteiger partial charge < -0.3 is 16.6 Å². The molecule has 0 amide bonds. The molecule has 0 aliphatic rings. The maximum atomic E-state index is 10.8. The Labute approximate surface area is 148 Å². The number of imidazole rings is 1. The quantitative estimate of drug-likeness (QED) is 0.373. The van der Waals surface area contributed by atoms with Crippen LogP contribution in [-0.2, 0) is 11.2 Å². The van der Waals surface area contributed by atoms with E-state index in [0.717, 1.165) is 5.56 Å². The predicted octanol–water partition coefficient (Wildman–Crippen LogP) is 0.568. The predicted molar refractivity (Wildman–Crippen MR) is 94.9 cm³/mol. The van der Waals surface area contributed by atoms with Crippen molar-refractivity contribution in [3.63, 3.8) is 0 Å². The monoisotopic (exact) mass is 351 g/mol. The number of aromatic nitrogens is 4. The molecule has 0 spiro atoms. The second-order valence-corrected chi connectivity index (χ2v) is 5.67. The Morgan fingerprint density at radius 1 is 1.19 bits per heavy atom. The molecule has 2 aromatic heterocycles. The molecule has 1 aromatic carbocycles. The van der Waals surface area contributed by atoms with Gasteiger partial charge in [0.25, 0.3) is 0 Å². The van der Waals surface area contributed by atoms with Crippen molar-refractivity contribution in [1.82, 2.24) is 19.5 Å². The fourth-order valence-electron chi connectivity index (χ4n) is 2.33. The smallest absolute Gasteiger partial charge is 0.320 e. The molecule has 3 rings (SSSR count). The molecule has 0 saturated heterocycles. The van der Waals surface area contributed by atoms with Crippen LogP contribution < -0.4 is 11.5 Å². The van der Waals surface area contributed by atoms with Crippen molar-refractivity contribution in [2.24, 2.45) is 11.5 Å². The first-order valence-corrected chi connectivity index (χ1v) is 7.72. The van der Waals surface area contributed by atoms with Crippen LogP contribution in [0.4, 0.5) is 0 Å². The Balaban J connectivity index is 1.76. The third-order valence-corrected chi connectivity index (χ3v) is 3.78. The van der Waals surface area contributed by atoms with E-state index in [1.54, 1.807) is 35.3 Å². The first-order chi connectivity index (χ1) is 12.4. The van der Waals surface area contributed by atoms with Gasteiger partial charge in [-0.15, -0.1) is 0 Å². The number of hydrogen-bond acceptors (Lipinski definition) is 6. The third kappa shape index (κ3) is 3.73. The highest BCUT2D eigenvalue weighted by atomic mass is 16.4. The van der Waals surface area contributed by atoms with Gasteiger partial charge in [0, 0.05) is 23.7 Å². The number of carboxylic acid groups (broad SMARTS) is 1. The number of nitrogen functional groups attached to an aromatic ring is 1. The third-order valence-electron chi connectivity index (χ3n) is 3.78. The van der Waals surface area contributed by atoms with E-state index in [4.69, 9.17) is 22.0 Å². The number of aliphatic carboxylic acids is 1. The van der Waals surface area contributed by atoms with Crippen molar-refractivity contribution in [3.8, 4) is 17.1 Å². The molecule has 0 bridgehead atoms. The summed E-state index contributed by atoms with van der Waals surface area (Å²) in [4.78, 5) is 23.7. The van der Waals surface area contributed by atoms with E-state index >= 15 is 0 Å². The van der Waals surface area contributed by atoms with Gasteiger partial charge in [0.2, 0.25) is 0 Å². The van der Waals surface area contributed by atoms with Crippen molar-refractivity contribution < 1.29 is 9.90 Å². The van der Waals surface area contributed by atoms with Gasteiger partial charge in [0.1, 0.15) is 18.2 Å². The van der Waals surface area contributed by atoms with Crippen LogP contribution in [0.1, 0.15) is 11.3 Å². The fourth-order valence-corrected chi connectivity index (χ4v) is 2.33. The van der Waals surface area contributed by atoms with Crippen molar-refractivity contribution in [2.75, 3.05) is 0 Å². The molecule has 0 aliphatic carbocycles. The normalized spacial score (nSPS) is 11.9. The van der Waals surface area contributed by atoms with Crippen LogP contribution >= 0.6 is 0 Å². The standard InChI is InChI=1S/C17H17N7O2/c18-13(17(25)26)5-12-8-24(9-23-12)15-7-21-14(6-22-15)10-1-3-11(4-2-10)16(19)20/h1-4,6-9,13H,5,18H2,(H3,19,20)(H,25,26). The van der Waals surface area contributed by atoms with Gasteiger partial charge in [-0.25, -0.2) is 9.97 Å². The van der Waals surface area contributed by atoms with Crippen molar-refractivity contribution in [1.29, 1.82) is 5.41 Å².